The summed E-state index contributed by atoms with van der Waals surface area (Å²) >= 11 is 0. The molecule has 0 radical (unpaired) electrons. The summed E-state index contributed by atoms with van der Waals surface area (Å²) in [6.07, 6.45) is 4.76. The van der Waals surface area contributed by atoms with E-state index in [1.165, 1.54) is 17.1 Å². The number of anilines is 1. The lowest BCUT2D eigenvalue weighted by atomic mass is 10.1. The van der Waals surface area contributed by atoms with Crippen LogP contribution in [0.3, 0.4) is 0 Å². The fourth-order valence-electron chi connectivity index (χ4n) is 2.22. The summed E-state index contributed by atoms with van der Waals surface area (Å²) in [7, 11) is 0. The normalized spacial score (nSPS) is 16.2. The highest BCUT2D eigenvalue weighted by Crippen LogP contribution is 2.23. The number of hydrazone groups is 1. The molecule has 0 spiro atoms. The molecule has 7 heteroatoms. The highest BCUT2D eigenvalue weighted by Gasteiger charge is 2.27. The number of carbonyl (C=O) groups excluding carboxylic acids is 1. The maximum absolute atomic E-state index is 12.4. The van der Waals surface area contributed by atoms with Gasteiger partial charge in [-0.15, -0.1) is 0 Å². The van der Waals surface area contributed by atoms with E-state index in [1.54, 1.807) is 37.3 Å². The summed E-state index contributed by atoms with van der Waals surface area (Å²) in [5.74, 6) is -0.223. The average Bonchev–Trinajstić information content (AvgIpc) is 3.15. The second-order valence-electron chi connectivity index (χ2n) is 5.01. The van der Waals surface area contributed by atoms with Gasteiger partial charge in [-0.2, -0.15) is 10.1 Å². The van der Waals surface area contributed by atoms with Crippen molar-refractivity contribution in [2.24, 2.45) is 5.10 Å². The third kappa shape index (κ3) is 3.00. The van der Waals surface area contributed by atoms with Gasteiger partial charge in [0.05, 0.1) is 23.0 Å². The van der Waals surface area contributed by atoms with Gasteiger partial charge >= 0.3 is 5.88 Å². The first-order chi connectivity index (χ1) is 11.6. The van der Waals surface area contributed by atoms with Gasteiger partial charge in [-0.3, -0.25) is 14.9 Å². The van der Waals surface area contributed by atoms with Gasteiger partial charge in [0, 0.05) is 0 Å². The molecule has 0 bridgehead atoms. The molecule has 1 aromatic heterocycles. The topological polar surface area (TPSA) is 89.0 Å². The largest absolute Gasteiger partial charge is 0.433 e. The number of amides is 1. The molecule has 0 aliphatic carbocycles. The number of nitrogens with zero attached hydrogens (tertiary/aromatic N) is 3. The van der Waals surface area contributed by atoms with E-state index in [1.807, 2.05) is 18.2 Å². The fourth-order valence-corrected chi connectivity index (χ4v) is 2.22. The minimum absolute atomic E-state index is 0.228. The Kier molecular flexibility index (Phi) is 4.07. The molecule has 1 aliphatic heterocycles. The Balaban J connectivity index is 1.78. The summed E-state index contributed by atoms with van der Waals surface area (Å²) in [6, 6.07) is 11.9. The van der Waals surface area contributed by atoms with Gasteiger partial charge in [0.15, 0.2) is 0 Å². The smallest absolute Gasteiger partial charge is 0.401 e. The van der Waals surface area contributed by atoms with Crippen molar-refractivity contribution >= 4 is 29.3 Å². The number of furan rings is 1. The molecule has 120 valence electrons. The molecule has 1 amide bonds. The van der Waals surface area contributed by atoms with E-state index in [4.69, 9.17) is 4.42 Å². The Morgan fingerprint density at radius 1 is 1.21 bits per heavy atom. The monoisotopic (exact) mass is 323 g/mol. The van der Waals surface area contributed by atoms with Crippen LogP contribution in [0.15, 0.2) is 69.7 Å². The van der Waals surface area contributed by atoms with E-state index in [2.05, 4.69) is 5.10 Å². The summed E-state index contributed by atoms with van der Waals surface area (Å²) in [4.78, 5) is 22.4. The number of allylic oxidation sites excluding steroid dienone is 2. The van der Waals surface area contributed by atoms with E-state index in [0.29, 0.717) is 22.7 Å². The van der Waals surface area contributed by atoms with Gasteiger partial charge in [-0.25, -0.2) is 0 Å². The molecule has 24 heavy (non-hydrogen) atoms. The number of benzene rings is 1. The number of nitro groups is 1. The summed E-state index contributed by atoms with van der Waals surface area (Å²) < 4.78 is 5.01. The summed E-state index contributed by atoms with van der Waals surface area (Å²) in [5.41, 5.74) is 1.74. The van der Waals surface area contributed by atoms with Crippen molar-refractivity contribution in [1.82, 2.24) is 0 Å². The van der Waals surface area contributed by atoms with Crippen LogP contribution in [0.1, 0.15) is 12.7 Å². The van der Waals surface area contributed by atoms with Crippen molar-refractivity contribution in [1.29, 1.82) is 0 Å². The number of rotatable bonds is 4. The van der Waals surface area contributed by atoms with Crippen molar-refractivity contribution in [3.63, 3.8) is 0 Å². The number of carbonyl (C=O) groups is 1. The molecule has 3 rings (SSSR count). The van der Waals surface area contributed by atoms with Crippen molar-refractivity contribution in [3.05, 3.63) is 76.1 Å². The third-order valence-electron chi connectivity index (χ3n) is 3.38. The minimum Gasteiger partial charge on any atom is -0.401 e. The van der Waals surface area contributed by atoms with Crippen molar-refractivity contribution < 1.29 is 14.1 Å². The maximum Gasteiger partial charge on any atom is 0.433 e. The Morgan fingerprint density at radius 3 is 2.62 bits per heavy atom. The van der Waals surface area contributed by atoms with Crippen LogP contribution >= 0.6 is 0 Å². The maximum atomic E-state index is 12.4. The van der Waals surface area contributed by atoms with Gasteiger partial charge < -0.3 is 4.42 Å². The van der Waals surface area contributed by atoms with Crippen LogP contribution in [0.25, 0.3) is 6.08 Å². The van der Waals surface area contributed by atoms with Crippen LogP contribution in [-0.4, -0.2) is 16.5 Å². The lowest BCUT2D eigenvalue weighted by molar-refractivity contribution is -0.402. The van der Waals surface area contributed by atoms with Crippen LogP contribution in [0.4, 0.5) is 11.6 Å². The lowest BCUT2D eigenvalue weighted by Gasteiger charge is -2.10. The fraction of sp³-hybridized carbons (Fsp3) is 0.0588. The molecule has 7 nitrogen and oxygen atoms in total. The van der Waals surface area contributed by atoms with Gasteiger partial charge in [-0.1, -0.05) is 24.3 Å². The Morgan fingerprint density at radius 2 is 1.96 bits per heavy atom. The lowest BCUT2D eigenvalue weighted by Crippen LogP contribution is -2.21. The quantitative estimate of drug-likeness (QED) is 0.489. The Labute approximate surface area is 137 Å². The van der Waals surface area contributed by atoms with Crippen LogP contribution in [0.2, 0.25) is 0 Å². The Bertz CT molecular complexity index is 878. The second-order valence-corrected chi connectivity index (χ2v) is 5.01. The Hall–Kier alpha value is -3.48. The molecular weight excluding hydrogens is 310 g/mol. The molecule has 2 heterocycles. The zero-order valence-electron chi connectivity index (χ0n) is 12.7. The van der Waals surface area contributed by atoms with Crippen molar-refractivity contribution in [2.45, 2.75) is 6.92 Å². The first-order valence-corrected chi connectivity index (χ1v) is 7.14. The molecule has 0 saturated heterocycles. The number of hydrogen-bond donors (Lipinski definition) is 0. The standard InChI is InChI=1S/C17H13N3O4/c1-12-15(9-5-8-14-10-11-16(24-14)20(22)23)17(21)19(18-12)13-6-3-2-4-7-13/h2-11H,1H3/b8-5+,15-9+. The predicted molar refractivity (Wildman–Crippen MR) is 89.5 cm³/mol. The van der Waals surface area contributed by atoms with Crippen LogP contribution < -0.4 is 5.01 Å². The van der Waals surface area contributed by atoms with Gasteiger partial charge in [0.2, 0.25) is 0 Å². The molecule has 2 aromatic rings. The zero-order chi connectivity index (χ0) is 17.1. The minimum atomic E-state index is -0.606. The van der Waals surface area contributed by atoms with Gasteiger partial charge in [0.1, 0.15) is 10.7 Å². The van der Waals surface area contributed by atoms with E-state index in [9.17, 15) is 14.9 Å². The number of hydrogen-bond acceptors (Lipinski definition) is 5. The first kappa shape index (κ1) is 15.4. The second kappa shape index (κ2) is 6.33. The summed E-state index contributed by atoms with van der Waals surface area (Å²) in [5, 5.41) is 16.2. The third-order valence-corrected chi connectivity index (χ3v) is 3.38. The average molecular weight is 323 g/mol. The van der Waals surface area contributed by atoms with Crippen molar-refractivity contribution in [2.75, 3.05) is 5.01 Å². The molecule has 1 aromatic carbocycles. The van der Waals surface area contributed by atoms with E-state index in [0.717, 1.165) is 0 Å². The SMILES string of the molecule is CC1=NN(c2ccccc2)C(=O)/C1=C/C=C/c1ccc([N+](=O)[O-])o1. The molecule has 0 fully saturated rings. The summed E-state index contributed by atoms with van der Waals surface area (Å²) in [6.45, 7) is 1.75. The molecule has 0 saturated carbocycles. The van der Waals surface area contributed by atoms with E-state index < -0.39 is 4.92 Å². The highest BCUT2D eigenvalue weighted by atomic mass is 16.6. The zero-order valence-corrected chi connectivity index (χ0v) is 12.7. The number of para-hydroxylation sites is 1. The first-order valence-electron chi connectivity index (χ1n) is 7.14. The molecule has 0 atom stereocenters. The molecule has 0 N–H and O–H groups in total. The van der Waals surface area contributed by atoms with Crippen LogP contribution in [-0.2, 0) is 4.79 Å². The van der Waals surface area contributed by atoms with Crippen LogP contribution in [0.5, 0.6) is 0 Å². The highest BCUT2D eigenvalue weighted by molar-refractivity contribution is 6.29. The molecule has 1 aliphatic rings. The molecule has 0 unspecified atom stereocenters. The molecular formula is C17H13N3O4. The van der Waals surface area contributed by atoms with Crippen molar-refractivity contribution in [3.8, 4) is 0 Å². The van der Waals surface area contributed by atoms with Crippen LogP contribution in [0, 0.1) is 10.1 Å². The predicted octanol–water partition coefficient (Wildman–Crippen LogP) is 3.55. The van der Waals surface area contributed by atoms with E-state index >= 15 is 0 Å². The van der Waals surface area contributed by atoms with E-state index in [-0.39, 0.29) is 11.8 Å². The van der Waals surface area contributed by atoms with Gasteiger partial charge in [0.25, 0.3) is 5.91 Å². The van der Waals surface area contributed by atoms with Gasteiger partial charge in [-0.05, 0) is 37.3 Å².